The van der Waals surface area contributed by atoms with Crippen LogP contribution in [0.2, 0.25) is 0 Å². The standard InChI is InChI=1S/C37H29N3O3S/c41-44(42,43)36-26-34(40-31-14-8-3-9-15-31)24-25-35(36)37(27-16-20-32(21-17-27)38-29-10-4-1-5-11-29)28-18-22-33(23-19-28)39-30-12-6-2-7-13-30/h1-26,38,40H,(H,41,42,43). The van der Waals surface area contributed by atoms with E-state index in [1.165, 1.54) is 6.07 Å². The van der Waals surface area contributed by atoms with Gasteiger partial charge in [-0.15, -0.1) is 0 Å². The van der Waals surface area contributed by atoms with Crippen LogP contribution < -0.4 is 10.6 Å². The van der Waals surface area contributed by atoms with Crippen LogP contribution in [0.4, 0.5) is 28.4 Å². The van der Waals surface area contributed by atoms with E-state index < -0.39 is 10.1 Å². The molecular formula is C37H29N3O3S. The normalized spacial score (nSPS) is 12.6. The van der Waals surface area contributed by atoms with Crippen molar-refractivity contribution in [2.75, 3.05) is 10.6 Å². The summed E-state index contributed by atoms with van der Waals surface area (Å²) in [5.41, 5.74) is 7.35. The monoisotopic (exact) mass is 595 g/mol. The van der Waals surface area contributed by atoms with E-state index in [9.17, 15) is 13.0 Å². The lowest BCUT2D eigenvalue weighted by atomic mass is 9.90. The molecule has 0 unspecified atom stereocenters. The van der Waals surface area contributed by atoms with Crippen LogP contribution in [0.5, 0.6) is 0 Å². The fourth-order valence-electron chi connectivity index (χ4n) is 4.95. The molecule has 0 saturated carbocycles. The van der Waals surface area contributed by atoms with Crippen molar-refractivity contribution >= 4 is 49.8 Å². The van der Waals surface area contributed by atoms with Crippen molar-refractivity contribution in [3.05, 3.63) is 174 Å². The van der Waals surface area contributed by atoms with E-state index in [1.807, 2.05) is 140 Å². The molecular weight excluding hydrogens is 566 g/mol. The second-order valence-corrected chi connectivity index (χ2v) is 11.5. The molecule has 0 atom stereocenters. The summed E-state index contributed by atoms with van der Waals surface area (Å²) < 4.78 is 36.1. The van der Waals surface area contributed by atoms with Crippen LogP contribution in [-0.4, -0.2) is 18.7 Å². The van der Waals surface area contributed by atoms with Crippen LogP contribution in [0.1, 0.15) is 11.1 Å². The molecule has 0 bridgehead atoms. The molecule has 0 aromatic heterocycles. The number of aliphatic imine (C=N–C) groups is 1. The summed E-state index contributed by atoms with van der Waals surface area (Å²) in [4.78, 5) is 4.49. The molecule has 0 saturated heterocycles. The van der Waals surface area contributed by atoms with E-state index in [4.69, 9.17) is 0 Å². The number of para-hydroxylation sites is 3. The van der Waals surface area contributed by atoms with Crippen LogP contribution in [0, 0.1) is 0 Å². The highest BCUT2D eigenvalue weighted by Gasteiger charge is 2.22. The van der Waals surface area contributed by atoms with Crippen molar-refractivity contribution in [2.24, 2.45) is 4.99 Å². The average molecular weight is 596 g/mol. The summed E-state index contributed by atoms with van der Waals surface area (Å²) in [6, 6.07) is 41.7. The molecule has 0 spiro atoms. The summed E-state index contributed by atoms with van der Waals surface area (Å²) in [6.45, 7) is 0. The third kappa shape index (κ3) is 6.93. The number of allylic oxidation sites excluding steroid dienone is 5. The molecule has 0 heterocycles. The van der Waals surface area contributed by atoms with E-state index in [2.05, 4.69) is 15.6 Å². The Hall–Kier alpha value is -5.50. The first-order valence-corrected chi connectivity index (χ1v) is 15.5. The Balaban J connectivity index is 1.44. The minimum atomic E-state index is -4.60. The molecule has 0 amide bonds. The molecule has 5 aromatic rings. The molecule has 7 heteroatoms. The van der Waals surface area contributed by atoms with Crippen molar-refractivity contribution in [3.8, 4) is 0 Å². The highest BCUT2D eigenvalue weighted by molar-refractivity contribution is 7.86. The predicted octanol–water partition coefficient (Wildman–Crippen LogP) is 9.12. The van der Waals surface area contributed by atoms with Gasteiger partial charge < -0.3 is 10.6 Å². The minimum absolute atomic E-state index is 0.196. The Labute approximate surface area is 257 Å². The number of anilines is 4. The fraction of sp³-hybridized carbons (Fsp3) is 0. The molecule has 0 aliphatic heterocycles. The molecule has 6 nitrogen and oxygen atoms in total. The SMILES string of the molecule is O=S(=O)(O)c1cc(Nc2ccccc2)ccc1C(=C1C=CC(=Nc2ccccc2)C=C1)c1ccc(Nc2ccccc2)cc1. The number of nitrogens with one attached hydrogen (secondary N) is 2. The zero-order valence-corrected chi connectivity index (χ0v) is 24.4. The van der Waals surface area contributed by atoms with Gasteiger partial charge in [0, 0.05) is 28.3 Å². The van der Waals surface area contributed by atoms with Gasteiger partial charge in [-0.1, -0.05) is 84.9 Å². The van der Waals surface area contributed by atoms with Gasteiger partial charge in [0.1, 0.15) is 4.90 Å². The molecule has 3 N–H and O–H groups in total. The highest BCUT2D eigenvalue weighted by Crippen LogP contribution is 2.36. The summed E-state index contributed by atoms with van der Waals surface area (Å²) in [7, 11) is -4.60. The second-order valence-electron chi connectivity index (χ2n) is 10.1. The third-order valence-corrected chi connectivity index (χ3v) is 7.89. The zero-order chi connectivity index (χ0) is 30.4. The molecule has 0 fully saturated rings. The molecule has 44 heavy (non-hydrogen) atoms. The molecule has 0 radical (unpaired) electrons. The summed E-state index contributed by atoms with van der Waals surface area (Å²) in [5, 5.41) is 6.60. The van der Waals surface area contributed by atoms with Crippen LogP contribution in [-0.2, 0) is 10.1 Å². The van der Waals surface area contributed by atoms with Crippen molar-refractivity contribution < 1.29 is 13.0 Å². The van der Waals surface area contributed by atoms with E-state index in [0.29, 0.717) is 16.8 Å². The Morgan fingerprint density at radius 1 is 0.568 bits per heavy atom. The smallest absolute Gasteiger partial charge is 0.295 e. The van der Waals surface area contributed by atoms with Gasteiger partial charge in [-0.05, 0) is 89.5 Å². The molecule has 5 aromatic carbocycles. The molecule has 216 valence electrons. The first-order chi connectivity index (χ1) is 21.4. The van der Waals surface area contributed by atoms with Crippen LogP contribution >= 0.6 is 0 Å². The van der Waals surface area contributed by atoms with Gasteiger partial charge in [-0.2, -0.15) is 8.42 Å². The van der Waals surface area contributed by atoms with Crippen molar-refractivity contribution in [1.29, 1.82) is 0 Å². The van der Waals surface area contributed by atoms with Crippen LogP contribution in [0.15, 0.2) is 173 Å². The lowest BCUT2D eigenvalue weighted by Gasteiger charge is -2.18. The minimum Gasteiger partial charge on any atom is -0.356 e. The largest absolute Gasteiger partial charge is 0.356 e. The predicted molar refractivity (Wildman–Crippen MR) is 180 cm³/mol. The Morgan fingerprint density at radius 3 is 1.64 bits per heavy atom. The number of rotatable bonds is 8. The van der Waals surface area contributed by atoms with Crippen molar-refractivity contribution in [2.45, 2.75) is 4.90 Å². The number of hydrogen-bond donors (Lipinski definition) is 3. The van der Waals surface area contributed by atoms with Gasteiger partial charge >= 0.3 is 0 Å². The van der Waals surface area contributed by atoms with E-state index in [1.54, 1.807) is 12.1 Å². The fourth-order valence-corrected chi connectivity index (χ4v) is 5.67. The lowest BCUT2D eigenvalue weighted by molar-refractivity contribution is 0.483. The van der Waals surface area contributed by atoms with Gasteiger partial charge in [0.05, 0.1) is 11.4 Å². The van der Waals surface area contributed by atoms with Gasteiger partial charge in [0.25, 0.3) is 10.1 Å². The zero-order valence-electron chi connectivity index (χ0n) is 23.6. The van der Waals surface area contributed by atoms with Gasteiger partial charge in [-0.3, -0.25) is 4.55 Å². The second kappa shape index (κ2) is 12.8. The van der Waals surface area contributed by atoms with E-state index >= 15 is 0 Å². The highest BCUT2D eigenvalue weighted by atomic mass is 32.2. The van der Waals surface area contributed by atoms with Crippen LogP contribution in [0.25, 0.3) is 5.57 Å². The number of benzene rings is 5. The maximum Gasteiger partial charge on any atom is 0.295 e. The Kier molecular flexibility index (Phi) is 8.32. The number of nitrogens with zero attached hydrogens (tertiary/aromatic N) is 1. The van der Waals surface area contributed by atoms with E-state index in [-0.39, 0.29) is 4.90 Å². The Morgan fingerprint density at radius 2 is 1.07 bits per heavy atom. The first kappa shape index (κ1) is 28.6. The Bertz CT molecular complexity index is 1980. The lowest BCUT2D eigenvalue weighted by Crippen LogP contribution is -2.07. The van der Waals surface area contributed by atoms with Gasteiger partial charge in [-0.25, -0.2) is 4.99 Å². The van der Waals surface area contributed by atoms with E-state index in [0.717, 1.165) is 39.6 Å². The topological polar surface area (TPSA) is 90.8 Å². The first-order valence-electron chi connectivity index (χ1n) is 14.0. The maximum absolute atomic E-state index is 12.8. The van der Waals surface area contributed by atoms with Crippen LogP contribution in [0.3, 0.4) is 0 Å². The maximum atomic E-state index is 12.8. The van der Waals surface area contributed by atoms with Crippen molar-refractivity contribution in [1.82, 2.24) is 0 Å². The quantitative estimate of drug-likeness (QED) is 0.156. The molecule has 1 aliphatic rings. The average Bonchev–Trinajstić information content (AvgIpc) is 3.04. The summed E-state index contributed by atoms with van der Waals surface area (Å²) >= 11 is 0. The third-order valence-electron chi connectivity index (χ3n) is 7.00. The van der Waals surface area contributed by atoms with Gasteiger partial charge in [0.2, 0.25) is 0 Å². The van der Waals surface area contributed by atoms with Gasteiger partial charge in [0.15, 0.2) is 0 Å². The summed E-state index contributed by atoms with van der Waals surface area (Å²) in [6.07, 6.45) is 7.62. The summed E-state index contributed by atoms with van der Waals surface area (Å²) in [5.74, 6) is 0. The number of hydrogen-bond acceptors (Lipinski definition) is 5. The van der Waals surface area contributed by atoms with Crippen molar-refractivity contribution in [3.63, 3.8) is 0 Å². The molecule has 6 rings (SSSR count). The molecule has 1 aliphatic carbocycles.